The first-order valence-electron chi connectivity index (χ1n) is 11.7. The molecule has 7 heteroatoms. The van der Waals surface area contributed by atoms with Gasteiger partial charge < -0.3 is 9.88 Å². The van der Waals surface area contributed by atoms with Crippen LogP contribution >= 0.6 is 0 Å². The minimum atomic E-state index is -3.21. The van der Waals surface area contributed by atoms with Crippen molar-refractivity contribution in [1.82, 2.24) is 14.9 Å². The second-order valence-electron chi connectivity index (χ2n) is 9.30. The maximum absolute atomic E-state index is 11.7. The van der Waals surface area contributed by atoms with Crippen molar-refractivity contribution in [1.29, 1.82) is 0 Å². The summed E-state index contributed by atoms with van der Waals surface area (Å²) in [6.07, 6.45) is 3.12. The summed E-state index contributed by atoms with van der Waals surface area (Å²) in [4.78, 5) is 13.4. The molecule has 1 aliphatic rings. The Hall–Kier alpha value is -3.16. The highest BCUT2D eigenvalue weighted by Crippen LogP contribution is 2.29. The number of anilines is 1. The van der Waals surface area contributed by atoms with Gasteiger partial charge in [-0.1, -0.05) is 24.3 Å². The minimum absolute atomic E-state index is 0.318. The van der Waals surface area contributed by atoms with E-state index < -0.39 is 9.84 Å². The topological polar surface area (TPSA) is 69.3 Å². The molecule has 0 unspecified atom stereocenters. The third-order valence-electron chi connectivity index (χ3n) is 6.67. The number of H-pyrrole nitrogens is 1. The summed E-state index contributed by atoms with van der Waals surface area (Å²) in [6.45, 7) is 8.84. The molecule has 3 heterocycles. The van der Waals surface area contributed by atoms with Crippen LogP contribution in [0, 0.1) is 0 Å². The van der Waals surface area contributed by atoms with E-state index >= 15 is 0 Å². The predicted octanol–water partition coefficient (Wildman–Crippen LogP) is 4.83. The van der Waals surface area contributed by atoms with Crippen LogP contribution in [-0.2, 0) is 9.84 Å². The summed E-state index contributed by atoms with van der Waals surface area (Å²) >= 11 is 0. The van der Waals surface area contributed by atoms with Crippen LogP contribution < -0.4 is 4.90 Å². The molecule has 1 aliphatic heterocycles. The number of pyridine rings is 1. The molecule has 2 aromatic carbocycles. The third kappa shape index (κ3) is 4.58. The van der Waals surface area contributed by atoms with Crippen molar-refractivity contribution in [3.63, 3.8) is 0 Å². The van der Waals surface area contributed by atoms with Gasteiger partial charge in [0.15, 0.2) is 9.84 Å². The van der Waals surface area contributed by atoms with E-state index in [4.69, 9.17) is 0 Å². The number of nitrogens with zero attached hydrogens (tertiary/aromatic N) is 3. The highest BCUT2D eigenvalue weighted by atomic mass is 32.2. The van der Waals surface area contributed by atoms with Crippen LogP contribution in [0.2, 0.25) is 0 Å². The van der Waals surface area contributed by atoms with Gasteiger partial charge in [0.25, 0.3) is 0 Å². The van der Waals surface area contributed by atoms with Crippen molar-refractivity contribution in [2.75, 3.05) is 37.3 Å². The number of piperazine rings is 1. The molecule has 1 saturated heterocycles. The average Bonchev–Trinajstić information content (AvgIpc) is 3.27. The summed E-state index contributed by atoms with van der Waals surface area (Å²) in [5.74, 6) is 0. The van der Waals surface area contributed by atoms with Crippen molar-refractivity contribution < 1.29 is 8.42 Å². The normalized spacial score (nSPS) is 15.4. The number of fused-ring (bicyclic) bond motifs is 1. The molecule has 176 valence electrons. The van der Waals surface area contributed by atoms with Gasteiger partial charge in [0.05, 0.1) is 15.9 Å². The Morgan fingerprint density at radius 2 is 1.50 bits per heavy atom. The molecule has 4 aromatic rings. The SMILES string of the molecule is CC(C)N1CCN(c2ccc(-c3cnc4cc(-c5ccc(S(C)(=O)=O)cc5)[nH]c4c3)cc2)CC1. The van der Waals surface area contributed by atoms with E-state index in [1.807, 2.05) is 24.4 Å². The van der Waals surface area contributed by atoms with Gasteiger partial charge in [-0.3, -0.25) is 9.88 Å². The van der Waals surface area contributed by atoms with Crippen LogP contribution in [0.25, 0.3) is 33.4 Å². The zero-order valence-corrected chi connectivity index (χ0v) is 20.6. The van der Waals surface area contributed by atoms with Gasteiger partial charge in [0.2, 0.25) is 0 Å². The van der Waals surface area contributed by atoms with Gasteiger partial charge in [0.1, 0.15) is 0 Å². The quantitative estimate of drug-likeness (QED) is 0.449. The fourth-order valence-corrected chi connectivity index (χ4v) is 5.20. The molecule has 0 saturated carbocycles. The molecule has 0 bridgehead atoms. The average molecular weight is 475 g/mol. The number of hydrogen-bond acceptors (Lipinski definition) is 5. The molecular formula is C27H30N4O2S. The second-order valence-corrected chi connectivity index (χ2v) is 11.3. The first-order chi connectivity index (χ1) is 16.3. The lowest BCUT2D eigenvalue weighted by atomic mass is 10.1. The van der Waals surface area contributed by atoms with Gasteiger partial charge >= 0.3 is 0 Å². The monoisotopic (exact) mass is 474 g/mol. The summed E-state index contributed by atoms with van der Waals surface area (Å²) in [5, 5.41) is 0. The van der Waals surface area contributed by atoms with Gasteiger partial charge in [-0.25, -0.2) is 8.42 Å². The Balaban J connectivity index is 1.35. The molecule has 34 heavy (non-hydrogen) atoms. The van der Waals surface area contributed by atoms with Crippen molar-refractivity contribution in [2.24, 2.45) is 0 Å². The fraction of sp³-hybridized carbons (Fsp3) is 0.296. The van der Waals surface area contributed by atoms with Crippen LogP contribution in [0.5, 0.6) is 0 Å². The maximum Gasteiger partial charge on any atom is 0.175 e. The smallest absolute Gasteiger partial charge is 0.175 e. The lowest BCUT2D eigenvalue weighted by Gasteiger charge is -2.38. The van der Waals surface area contributed by atoms with Crippen molar-refractivity contribution in [2.45, 2.75) is 24.8 Å². The van der Waals surface area contributed by atoms with Crippen LogP contribution in [0.15, 0.2) is 71.8 Å². The van der Waals surface area contributed by atoms with E-state index in [0.29, 0.717) is 10.9 Å². The fourth-order valence-electron chi connectivity index (χ4n) is 4.56. The number of rotatable bonds is 5. The predicted molar refractivity (Wildman–Crippen MR) is 139 cm³/mol. The van der Waals surface area contributed by atoms with Gasteiger partial charge in [-0.15, -0.1) is 0 Å². The lowest BCUT2D eigenvalue weighted by Crippen LogP contribution is -2.48. The van der Waals surface area contributed by atoms with Crippen LogP contribution in [0.4, 0.5) is 5.69 Å². The highest BCUT2D eigenvalue weighted by molar-refractivity contribution is 7.90. The zero-order valence-electron chi connectivity index (χ0n) is 19.8. The van der Waals surface area contributed by atoms with Crippen LogP contribution in [0.3, 0.4) is 0 Å². The van der Waals surface area contributed by atoms with Crippen molar-refractivity contribution in [3.05, 3.63) is 66.9 Å². The number of nitrogens with one attached hydrogen (secondary N) is 1. The van der Waals surface area contributed by atoms with Crippen molar-refractivity contribution in [3.8, 4) is 22.4 Å². The molecule has 2 aromatic heterocycles. The maximum atomic E-state index is 11.7. The summed E-state index contributed by atoms with van der Waals surface area (Å²) in [7, 11) is -3.21. The Labute approximate surface area is 201 Å². The molecule has 6 nitrogen and oxygen atoms in total. The van der Waals surface area contributed by atoms with Crippen LogP contribution in [-0.4, -0.2) is 61.8 Å². The Kier molecular flexibility index (Phi) is 5.91. The Morgan fingerprint density at radius 1 is 0.853 bits per heavy atom. The van der Waals surface area contributed by atoms with Gasteiger partial charge in [-0.05, 0) is 61.4 Å². The molecule has 1 N–H and O–H groups in total. The van der Waals surface area contributed by atoms with Gasteiger partial charge in [0, 0.05) is 61.6 Å². The number of aromatic nitrogens is 2. The zero-order chi connectivity index (χ0) is 23.9. The van der Waals surface area contributed by atoms with E-state index in [1.54, 1.807) is 12.1 Å². The molecule has 0 aliphatic carbocycles. The number of aromatic amines is 1. The molecular weight excluding hydrogens is 444 g/mol. The molecule has 0 radical (unpaired) electrons. The third-order valence-corrected chi connectivity index (χ3v) is 7.80. The Morgan fingerprint density at radius 3 is 2.12 bits per heavy atom. The minimum Gasteiger partial charge on any atom is -0.369 e. The highest BCUT2D eigenvalue weighted by Gasteiger charge is 2.19. The van der Waals surface area contributed by atoms with E-state index in [9.17, 15) is 8.42 Å². The van der Waals surface area contributed by atoms with E-state index in [-0.39, 0.29) is 0 Å². The Bertz CT molecular complexity index is 1400. The molecule has 0 spiro atoms. The van der Waals surface area contributed by atoms with Crippen molar-refractivity contribution >= 4 is 26.6 Å². The lowest BCUT2D eigenvalue weighted by molar-refractivity contribution is 0.209. The second kappa shape index (κ2) is 8.89. The number of benzene rings is 2. The first kappa shape index (κ1) is 22.6. The van der Waals surface area contributed by atoms with Gasteiger partial charge in [-0.2, -0.15) is 0 Å². The standard InChI is InChI=1S/C27H30N4O2S/c1-19(2)30-12-14-31(15-13-30)23-8-4-20(5-9-23)22-16-27-26(28-18-22)17-25(29-27)21-6-10-24(11-7-21)34(3,32)33/h4-11,16-19,29H,12-15H2,1-3H3. The number of hydrogen-bond donors (Lipinski definition) is 1. The largest absolute Gasteiger partial charge is 0.369 e. The van der Waals surface area contributed by atoms with E-state index in [2.05, 4.69) is 63.9 Å². The summed E-state index contributed by atoms with van der Waals surface area (Å²) < 4.78 is 23.4. The van der Waals surface area contributed by atoms with E-state index in [0.717, 1.165) is 59.6 Å². The summed E-state index contributed by atoms with van der Waals surface area (Å²) in [6, 6.07) is 20.4. The molecule has 0 amide bonds. The summed E-state index contributed by atoms with van der Waals surface area (Å²) in [5.41, 5.74) is 7.13. The first-order valence-corrected chi connectivity index (χ1v) is 13.6. The molecule has 0 atom stereocenters. The number of sulfone groups is 1. The molecule has 5 rings (SSSR count). The molecule has 1 fully saturated rings. The van der Waals surface area contributed by atoms with E-state index in [1.165, 1.54) is 11.9 Å². The van der Waals surface area contributed by atoms with Crippen LogP contribution in [0.1, 0.15) is 13.8 Å².